The zero-order valence-electron chi connectivity index (χ0n) is 18.4. The van der Waals surface area contributed by atoms with Crippen LogP contribution in [0.4, 0.5) is 9.93 Å². The zero-order chi connectivity index (χ0) is 21.3. The molecule has 7 nitrogen and oxygen atoms in total. The third kappa shape index (κ3) is 5.53. The van der Waals surface area contributed by atoms with E-state index in [1.807, 2.05) is 44.9 Å². The van der Waals surface area contributed by atoms with Crippen LogP contribution >= 0.6 is 11.3 Å². The van der Waals surface area contributed by atoms with Gasteiger partial charge in [-0.15, -0.1) is 0 Å². The van der Waals surface area contributed by atoms with Gasteiger partial charge in [-0.25, -0.2) is 9.78 Å². The van der Waals surface area contributed by atoms with Crippen LogP contribution in [0.1, 0.15) is 65.0 Å². The van der Waals surface area contributed by atoms with Crippen LogP contribution in [-0.4, -0.2) is 38.5 Å². The highest BCUT2D eigenvalue weighted by molar-refractivity contribution is 7.18. The first-order valence-corrected chi connectivity index (χ1v) is 11.8. The van der Waals surface area contributed by atoms with Crippen LogP contribution in [-0.2, 0) is 18.2 Å². The summed E-state index contributed by atoms with van der Waals surface area (Å²) in [6.45, 7) is 5.66. The lowest BCUT2D eigenvalue weighted by Gasteiger charge is -2.30. The molecule has 30 heavy (non-hydrogen) atoms. The van der Waals surface area contributed by atoms with Crippen molar-refractivity contribution in [3.63, 3.8) is 0 Å². The lowest BCUT2D eigenvalue weighted by atomic mass is 9.91. The summed E-state index contributed by atoms with van der Waals surface area (Å²) in [7, 11) is 2.03. The highest BCUT2D eigenvalue weighted by Crippen LogP contribution is 2.38. The number of carbonyl (C=O) groups excluding carboxylic acids is 1. The highest BCUT2D eigenvalue weighted by Gasteiger charge is 2.27. The summed E-state index contributed by atoms with van der Waals surface area (Å²) in [5, 5.41) is 12.1. The Kier molecular flexibility index (Phi) is 6.04. The molecule has 4 rings (SSSR count). The third-order valence-electron chi connectivity index (χ3n) is 5.79. The van der Waals surface area contributed by atoms with E-state index >= 15 is 0 Å². The Morgan fingerprint density at radius 3 is 2.53 bits per heavy atom. The SMILES string of the molecule is Cn1ncc(-c2cnc(NC3CCC(NC(=O)OC(C)(C)C)CC3)s2)c1CC1CC1. The molecule has 0 atom stereocenters. The fourth-order valence-electron chi connectivity index (χ4n) is 4.00. The van der Waals surface area contributed by atoms with E-state index in [0.29, 0.717) is 6.04 Å². The van der Waals surface area contributed by atoms with E-state index in [-0.39, 0.29) is 12.1 Å². The summed E-state index contributed by atoms with van der Waals surface area (Å²) in [6, 6.07) is 0.575. The van der Waals surface area contributed by atoms with Crippen molar-refractivity contribution in [2.45, 2.75) is 83.4 Å². The van der Waals surface area contributed by atoms with Gasteiger partial charge in [0.05, 0.1) is 11.1 Å². The largest absolute Gasteiger partial charge is 0.444 e. The number of amides is 1. The predicted octanol–water partition coefficient (Wildman–Crippen LogP) is 4.74. The van der Waals surface area contributed by atoms with E-state index in [0.717, 1.165) is 43.2 Å². The van der Waals surface area contributed by atoms with Gasteiger partial charge in [0, 0.05) is 36.6 Å². The number of anilines is 1. The monoisotopic (exact) mass is 431 g/mol. The standard InChI is InChI=1S/C22H33N5O2S/c1-22(2,3)29-21(28)26-16-9-7-15(8-10-16)25-20-23-13-19(30-20)17-12-24-27(4)18(17)11-14-5-6-14/h12-16H,5-11H2,1-4H3,(H,23,25)(H,26,28). The number of nitrogens with one attached hydrogen (secondary N) is 2. The number of ether oxygens (including phenoxy) is 1. The lowest BCUT2D eigenvalue weighted by Crippen LogP contribution is -2.42. The zero-order valence-corrected chi connectivity index (χ0v) is 19.2. The molecule has 2 heterocycles. The minimum Gasteiger partial charge on any atom is -0.444 e. The van der Waals surface area contributed by atoms with Crippen LogP contribution in [0.5, 0.6) is 0 Å². The fraction of sp³-hybridized carbons (Fsp3) is 0.682. The summed E-state index contributed by atoms with van der Waals surface area (Å²) in [5.74, 6) is 0.828. The summed E-state index contributed by atoms with van der Waals surface area (Å²) in [6.07, 6.45) is 11.3. The molecule has 2 saturated carbocycles. The third-order valence-corrected chi connectivity index (χ3v) is 6.75. The van der Waals surface area contributed by atoms with Gasteiger partial charge < -0.3 is 15.4 Å². The Bertz CT molecular complexity index is 872. The predicted molar refractivity (Wildman–Crippen MR) is 120 cm³/mol. The molecule has 2 fully saturated rings. The van der Waals surface area contributed by atoms with E-state index in [4.69, 9.17) is 4.74 Å². The van der Waals surface area contributed by atoms with Gasteiger partial charge in [-0.3, -0.25) is 4.68 Å². The quantitative estimate of drug-likeness (QED) is 0.690. The average Bonchev–Trinajstić information content (AvgIpc) is 3.25. The van der Waals surface area contributed by atoms with Crippen molar-refractivity contribution in [2.24, 2.45) is 13.0 Å². The second-order valence-corrected chi connectivity index (χ2v) is 10.7. The van der Waals surface area contributed by atoms with Crippen LogP contribution in [0, 0.1) is 5.92 Å². The number of aromatic nitrogens is 3. The molecule has 164 valence electrons. The normalized spacial score (nSPS) is 22.0. The van der Waals surface area contributed by atoms with E-state index in [2.05, 4.69) is 20.7 Å². The molecule has 0 aromatic carbocycles. The van der Waals surface area contributed by atoms with E-state index in [9.17, 15) is 4.79 Å². The van der Waals surface area contributed by atoms with Crippen LogP contribution in [0.15, 0.2) is 12.4 Å². The van der Waals surface area contributed by atoms with Crippen molar-refractivity contribution >= 4 is 22.6 Å². The maximum Gasteiger partial charge on any atom is 0.407 e. The van der Waals surface area contributed by atoms with Gasteiger partial charge in [0.15, 0.2) is 5.13 Å². The van der Waals surface area contributed by atoms with Gasteiger partial charge in [-0.1, -0.05) is 11.3 Å². The van der Waals surface area contributed by atoms with Gasteiger partial charge in [-0.2, -0.15) is 5.10 Å². The molecule has 0 unspecified atom stereocenters. The lowest BCUT2D eigenvalue weighted by molar-refractivity contribution is 0.0492. The molecule has 0 spiro atoms. The number of rotatable bonds is 6. The molecule has 8 heteroatoms. The summed E-state index contributed by atoms with van der Waals surface area (Å²) in [5.41, 5.74) is 2.08. The average molecular weight is 432 g/mol. The highest BCUT2D eigenvalue weighted by atomic mass is 32.1. The fourth-order valence-corrected chi connectivity index (χ4v) is 4.93. The molecular weight excluding hydrogens is 398 g/mol. The number of thiazole rings is 1. The maximum absolute atomic E-state index is 12.0. The number of carbonyl (C=O) groups is 1. The Balaban J connectivity index is 1.29. The Morgan fingerprint density at radius 2 is 1.87 bits per heavy atom. The summed E-state index contributed by atoms with van der Waals surface area (Å²) in [4.78, 5) is 17.8. The molecule has 2 aromatic heterocycles. The van der Waals surface area contributed by atoms with E-state index in [1.54, 1.807) is 11.3 Å². The number of hydrogen-bond acceptors (Lipinski definition) is 6. The molecule has 0 radical (unpaired) electrons. The Labute approximate surface area is 182 Å². The second kappa shape index (κ2) is 8.57. The van der Waals surface area contributed by atoms with Crippen molar-refractivity contribution in [2.75, 3.05) is 5.32 Å². The van der Waals surface area contributed by atoms with Crippen molar-refractivity contribution in [3.8, 4) is 10.4 Å². The number of alkyl carbamates (subject to hydrolysis) is 1. The smallest absolute Gasteiger partial charge is 0.407 e. The van der Waals surface area contributed by atoms with Gasteiger partial charge in [0.2, 0.25) is 0 Å². The van der Waals surface area contributed by atoms with E-state index in [1.165, 1.54) is 29.0 Å². The molecule has 2 aromatic rings. The minimum absolute atomic E-state index is 0.185. The second-order valence-electron chi connectivity index (χ2n) is 9.64. The van der Waals surface area contributed by atoms with Crippen molar-refractivity contribution in [3.05, 3.63) is 18.1 Å². The van der Waals surface area contributed by atoms with Gasteiger partial charge in [0.1, 0.15) is 5.60 Å². The molecule has 0 bridgehead atoms. The number of aryl methyl sites for hydroxylation is 1. The van der Waals surface area contributed by atoms with Crippen molar-refractivity contribution in [1.82, 2.24) is 20.1 Å². The van der Waals surface area contributed by atoms with E-state index < -0.39 is 5.60 Å². The Hall–Kier alpha value is -2.09. The van der Waals surface area contributed by atoms with Gasteiger partial charge in [0.25, 0.3) is 0 Å². The first-order valence-electron chi connectivity index (χ1n) is 11.0. The molecule has 0 aliphatic heterocycles. The van der Waals surface area contributed by atoms with Gasteiger partial charge >= 0.3 is 6.09 Å². The Morgan fingerprint density at radius 1 is 1.17 bits per heavy atom. The number of nitrogens with zero attached hydrogens (tertiary/aromatic N) is 3. The molecule has 0 saturated heterocycles. The van der Waals surface area contributed by atoms with Crippen LogP contribution in [0.3, 0.4) is 0 Å². The minimum atomic E-state index is -0.460. The van der Waals surface area contributed by atoms with Crippen molar-refractivity contribution in [1.29, 1.82) is 0 Å². The first-order chi connectivity index (χ1) is 14.3. The molecule has 1 amide bonds. The summed E-state index contributed by atoms with van der Waals surface area (Å²) >= 11 is 1.71. The molecule has 2 aliphatic carbocycles. The maximum atomic E-state index is 12.0. The van der Waals surface area contributed by atoms with Gasteiger partial charge in [-0.05, 0) is 71.6 Å². The van der Waals surface area contributed by atoms with Crippen LogP contribution in [0.25, 0.3) is 10.4 Å². The molecule has 2 aliphatic rings. The number of hydrogen-bond donors (Lipinski definition) is 2. The van der Waals surface area contributed by atoms with Crippen molar-refractivity contribution < 1.29 is 9.53 Å². The summed E-state index contributed by atoms with van der Waals surface area (Å²) < 4.78 is 7.38. The molecule has 2 N–H and O–H groups in total. The van der Waals surface area contributed by atoms with Crippen LogP contribution in [0.2, 0.25) is 0 Å². The molecular formula is C22H33N5O2S. The topological polar surface area (TPSA) is 81.1 Å². The van der Waals surface area contributed by atoms with Crippen LogP contribution < -0.4 is 10.6 Å². The first kappa shape index (κ1) is 21.2.